The molecule has 11 aromatic rings. The minimum Gasteiger partial charge on any atom is -0.310 e. The Bertz CT molecular complexity index is 3300. The molecule has 0 fully saturated rings. The van der Waals surface area contributed by atoms with E-state index in [1.165, 1.54) is 71.9 Å². The van der Waals surface area contributed by atoms with Crippen molar-refractivity contribution in [3.05, 3.63) is 255 Å². The molecule has 0 aliphatic heterocycles. The average Bonchev–Trinajstić information content (AvgIpc) is 3.69. The molecule has 0 unspecified atom stereocenters. The van der Waals surface area contributed by atoms with Crippen LogP contribution in [0.25, 0.3) is 83.1 Å². The molecule has 0 bridgehead atoms. The van der Waals surface area contributed by atoms with Gasteiger partial charge in [-0.1, -0.05) is 200 Å². The van der Waals surface area contributed by atoms with Crippen molar-refractivity contribution in [3.63, 3.8) is 0 Å². The van der Waals surface area contributed by atoms with Crippen LogP contribution in [0.3, 0.4) is 0 Å². The van der Waals surface area contributed by atoms with E-state index in [1.54, 1.807) is 0 Å². The van der Waals surface area contributed by atoms with E-state index >= 15 is 0 Å². The summed E-state index contributed by atoms with van der Waals surface area (Å²) in [6.45, 7) is 0. The minimum absolute atomic E-state index is 1.08. The van der Waals surface area contributed by atoms with Gasteiger partial charge in [0.05, 0.1) is 11.0 Å². The molecule has 0 atom stereocenters. The van der Waals surface area contributed by atoms with Gasteiger partial charge in [0.1, 0.15) is 0 Å². The molecular weight excluding hydrogens is 749 g/mol. The Morgan fingerprint density at radius 2 is 0.645 bits per heavy atom. The predicted octanol–water partition coefficient (Wildman–Crippen LogP) is 16.6. The number of hydrogen-bond donors (Lipinski definition) is 0. The highest BCUT2D eigenvalue weighted by molar-refractivity contribution is 6.10. The van der Waals surface area contributed by atoms with Crippen molar-refractivity contribution < 1.29 is 0 Å². The summed E-state index contributed by atoms with van der Waals surface area (Å²) < 4.78 is 2.40. The first kappa shape index (κ1) is 36.8. The number of hydrogen-bond acceptors (Lipinski definition) is 1. The van der Waals surface area contributed by atoms with Gasteiger partial charge in [-0.15, -0.1) is 0 Å². The van der Waals surface area contributed by atoms with E-state index in [0.29, 0.717) is 0 Å². The van der Waals surface area contributed by atoms with E-state index in [4.69, 9.17) is 0 Å². The van der Waals surface area contributed by atoms with Crippen LogP contribution in [0, 0.1) is 0 Å². The van der Waals surface area contributed by atoms with E-state index < -0.39 is 0 Å². The molecule has 292 valence electrons. The zero-order chi connectivity index (χ0) is 41.2. The SMILES string of the molecule is c1ccc(-c2ccc(-c3ccc(N(c4ccc(-c5ccccc5-c5ccccc5)cc4)c4ccc5c6ccccc6n(-c6ccccc6)c5c4)cc3-c3ccccc3)cc2)cc1. The molecule has 0 aliphatic carbocycles. The fraction of sp³-hybridized carbons (Fsp3) is 0. The third-order valence-electron chi connectivity index (χ3n) is 12.0. The van der Waals surface area contributed by atoms with E-state index in [2.05, 4.69) is 264 Å². The molecule has 62 heavy (non-hydrogen) atoms. The zero-order valence-electron chi connectivity index (χ0n) is 34.1. The molecule has 11 rings (SSSR count). The maximum atomic E-state index is 2.41. The monoisotopic (exact) mass is 790 g/mol. The predicted molar refractivity (Wildman–Crippen MR) is 263 cm³/mol. The molecule has 2 nitrogen and oxygen atoms in total. The third-order valence-corrected chi connectivity index (χ3v) is 12.0. The number of aromatic nitrogens is 1. The number of nitrogens with zero attached hydrogens (tertiary/aromatic N) is 2. The lowest BCUT2D eigenvalue weighted by atomic mass is 9.92. The van der Waals surface area contributed by atoms with Gasteiger partial charge in [0.2, 0.25) is 0 Å². The molecule has 2 heteroatoms. The van der Waals surface area contributed by atoms with Gasteiger partial charge < -0.3 is 9.47 Å². The molecule has 0 amide bonds. The normalized spacial score (nSPS) is 11.2. The quantitative estimate of drug-likeness (QED) is 0.141. The van der Waals surface area contributed by atoms with Gasteiger partial charge in [-0.3, -0.25) is 0 Å². The van der Waals surface area contributed by atoms with Crippen LogP contribution in [-0.4, -0.2) is 4.57 Å². The fourth-order valence-corrected chi connectivity index (χ4v) is 9.05. The summed E-state index contributed by atoms with van der Waals surface area (Å²) in [6.07, 6.45) is 0. The van der Waals surface area contributed by atoms with Crippen LogP contribution in [-0.2, 0) is 0 Å². The second-order valence-electron chi connectivity index (χ2n) is 15.7. The Kier molecular flexibility index (Phi) is 9.57. The number of fused-ring (bicyclic) bond motifs is 3. The first-order valence-electron chi connectivity index (χ1n) is 21.3. The molecule has 0 aliphatic rings. The van der Waals surface area contributed by atoms with E-state index in [9.17, 15) is 0 Å². The number of benzene rings is 10. The van der Waals surface area contributed by atoms with Crippen molar-refractivity contribution in [1.29, 1.82) is 0 Å². The van der Waals surface area contributed by atoms with Crippen LogP contribution in [0.15, 0.2) is 255 Å². The summed E-state index contributed by atoms with van der Waals surface area (Å²) >= 11 is 0. The summed E-state index contributed by atoms with van der Waals surface area (Å²) in [7, 11) is 0. The van der Waals surface area contributed by atoms with Crippen molar-refractivity contribution in [2.45, 2.75) is 0 Å². The topological polar surface area (TPSA) is 8.17 Å². The summed E-state index contributed by atoms with van der Waals surface area (Å²) in [5.41, 5.74) is 18.7. The summed E-state index contributed by atoms with van der Waals surface area (Å²) in [6, 6.07) is 92.1. The van der Waals surface area contributed by atoms with E-state index in [-0.39, 0.29) is 0 Å². The second-order valence-corrected chi connectivity index (χ2v) is 15.7. The van der Waals surface area contributed by atoms with Gasteiger partial charge in [-0.05, 0) is 110 Å². The lowest BCUT2D eigenvalue weighted by Gasteiger charge is -2.27. The van der Waals surface area contributed by atoms with Crippen LogP contribution >= 0.6 is 0 Å². The summed E-state index contributed by atoms with van der Waals surface area (Å²) in [5.74, 6) is 0. The number of anilines is 3. The zero-order valence-corrected chi connectivity index (χ0v) is 34.1. The average molecular weight is 791 g/mol. The largest absolute Gasteiger partial charge is 0.310 e. The Labute approximate surface area is 362 Å². The molecule has 1 aromatic heterocycles. The number of para-hydroxylation sites is 2. The third kappa shape index (κ3) is 6.84. The van der Waals surface area contributed by atoms with E-state index in [1.807, 2.05) is 0 Å². The Hall–Kier alpha value is -8.20. The van der Waals surface area contributed by atoms with Gasteiger partial charge in [0.25, 0.3) is 0 Å². The maximum Gasteiger partial charge on any atom is 0.0561 e. The molecule has 10 aromatic carbocycles. The summed E-state index contributed by atoms with van der Waals surface area (Å²) in [5, 5.41) is 2.46. The second kappa shape index (κ2) is 16.1. The van der Waals surface area contributed by atoms with Crippen LogP contribution in [0.1, 0.15) is 0 Å². The highest BCUT2D eigenvalue weighted by atomic mass is 15.1. The lowest BCUT2D eigenvalue weighted by Crippen LogP contribution is -2.10. The van der Waals surface area contributed by atoms with Crippen molar-refractivity contribution >= 4 is 38.9 Å². The van der Waals surface area contributed by atoms with Crippen LogP contribution < -0.4 is 4.90 Å². The van der Waals surface area contributed by atoms with Crippen LogP contribution in [0.5, 0.6) is 0 Å². The molecule has 0 radical (unpaired) electrons. The molecule has 0 saturated carbocycles. The van der Waals surface area contributed by atoms with Gasteiger partial charge in [0, 0.05) is 33.5 Å². The lowest BCUT2D eigenvalue weighted by molar-refractivity contribution is 1.18. The molecule has 0 N–H and O–H groups in total. The van der Waals surface area contributed by atoms with Gasteiger partial charge in [-0.25, -0.2) is 0 Å². The summed E-state index contributed by atoms with van der Waals surface area (Å²) in [4.78, 5) is 2.41. The van der Waals surface area contributed by atoms with Crippen molar-refractivity contribution in [3.8, 4) is 61.3 Å². The smallest absolute Gasteiger partial charge is 0.0561 e. The van der Waals surface area contributed by atoms with Crippen molar-refractivity contribution in [2.24, 2.45) is 0 Å². The minimum atomic E-state index is 1.08. The fourth-order valence-electron chi connectivity index (χ4n) is 9.05. The Morgan fingerprint density at radius 1 is 0.242 bits per heavy atom. The first-order valence-corrected chi connectivity index (χ1v) is 21.3. The van der Waals surface area contributed by atoms with Crippen molar-refractivity contribution in [1.82, 2.24) is 4.57 Å². The highest BCUT2D eigenvalue weighted by Crippen LogP contribution is 2.44. The van der Waals surface area contributed by atoms with Crippen LogP contribution in [0.4, 0.5) is 17.1 Å². The van der Waals surface area contributed by atoms with Gasteiger partial charge in [-0.2, -0.15) is 0 Å². The highest BCUT2D eigenvalue weighted by Gasteiger charge is 2.20. The maximum absolute atomic E-state index is 2.41. The van der Waals surface area contributed by atoms with Crippen LogP contribution in [0.2, 0.25) is 0 Å². The standard InChI is InChI=1S/C60H42N2/c1-5-17-43(18-6-1)44-29-31-47(32-30-44)55-39-37-51(41-58(55)46-21-9-3-10-22-46)61(50-35-33-48(34-36-50)54-26-14-13-25-53(54)45-19-7-2-8-20-45)52-38-40-57-56-27-15-16-28-59(56)62(60(57)42-52)49-23-11-4-12-24-49/h1-42H. The number of rotatable bonds is 9. The molecule has 1 heterocycles. The van der Waals surface area contributed by atoms with Crippen molar-refractivity contribution in [2.75, 3.05) is 4.90 Å². The Morgan fingerprint density at radius 3 is 1.29 bits per heavy atom. The van der Waals surface area contributed by atoms with E-state index in [0.717, 1.165) is 28.3 Å². The Balaban J connectivity index is 1.09. The first-order chi connectivity index (χ1) is 30.8. The van der Waals surface area contributed by atoms with Gasteiger partial charge >= 0.3 is 0 Å². The molecular formula is C60H42N2. The molecule has 0 spiro atoms. The molecule has 0 saturated heterocycles. The van der Waals surface area contributed by atoms with Gasteiger partial charge in [0.15, 0.2) is 0 Å².